The maximum atomic E-state index is 12.0. The number of rotatable bonds is 4. The van der Waals surface area contributed by atoms with Gasteiger partial charge in [-0.25, -0.2) is 0 Å². The Bertz CT molecular complexity index is 441. The molecule has 0 radical (unpaired) electrons. The molecule has 106 valence electrons. The molecular weight excluding hydrogens is 343 g/mol. The summed E-state index contributed by atoms with van der Waals surface area (Å²) >= 11 is 3.39. The minimum atomic E-state index is -4.15. The van der Waals surface area contributed by atoms with Crippen molar-refractivity contribution in [2.24, 2.45) is 0 Å². The molecule has 1 atom stereocenters. The van der Waals surface area contributed by atoms with Gasteiger partial charge in [-0.05, 0) is 30.0 Å². The van der Waals surface area contributed by atoms with E-state index in [0.29, 0.717) is 13.2 Å². The van der Waals surface area contributed by atoms with Gasteiger partial charge in [-0.2, -0.15) is 13.2 Å². The average molecular weight is 356 g/mol. The van der Waals surface area contributed by atoms with E-state index < -0.39 is 5.51 Å². The van der Waals surface area contributed by atoms with Crippen molar-refractivity contribution < 1.29 is 17.9 Å². The second kappa shape index (κ2) is 6.37. The maximum Gasteiger partial charge on any atom is 0.441 e. The van der Waals surface area contributed by atoms with Crippen LogP contribution in [0, 0.1) is 0 Å². The average Bonchev–Trinajstić information content (AvgIpc) is 2.33. The molecule has 19 heavy (non-hydrogen) atoms. The van der Waals surface area contributed by atoms with Gasteiger partial charge in [0.2, 0.25) is 0 Å². The van der Waals surface area contributed by atoms with Gasteiger partial charge in [-0.3, -0.25) is 0 Å². The van der Waals surface area contributed by atoms with E-state index in [0.717, 1.165) is 22.2 Å². The summed E-state index contributed by atoms with van der Waals surface area (Å²) in [5, 5.41) is 3.16. The third-order valence-corrected chi connectivity index (χ3v) is 4.00. The van der Waals surface area contributed by atoms with E-state index in [-0.39, 0.29) is 23.6 Å². The first-order valence-electron chi connectivity index (χ1n) is 5.82. The largest absolute Gasteiger partial charge is 0.493 e. The fraction of sp³-hybridized carbons (Fsp3) is 0.500. The number of halogens is 4. The monoisotopic (exact) mass is 355 g/mol. The number of ether oxygens (including phenoxy) is 1. The SMILES string of the molecule is FC(F)(F)SCCNC1CCOc2ccc(Br)cc21. The van der Waals surface area contributed by atoms with Gasteiger partial charge in [0.25, 0.3) is 0 Å². The van der Waals surface area contributed by atoms with Crippen LogP contribution in [-0.4, -0.2) is 24.4 Å². The van der Waals surface area contributed by atoms with Gasteiger partial charge in [0.1, 0.15) is 5.75 Å². The molecule has 1 aromatic carbocycles. The van der Waals surface area contributed by atoms with E-state index >= 15 is 0 Å². The third-order valence-electron chi connectivity index (χ3n) is 2.77. The Hall–Kier alpha value is -0.400. The van der Waals surface area contributed by atoms with Gasteiger partial charge in [-0.1, -0.05) is 15.9 Å². The van der Waals surface area contributed by atoms with E-state index in [2.05, 4.69) is 21.2 Å². The van der Waals surface area contributed by atoms with Crippen LogP contribution in [0.5, 0.6) is 5.75 Å². The summed E-state index contributed by atoms with van der Waals surface area (Å²) in [6.07, 6.45) is 0.764. The second-order valence-electron chi connectivity index (χ2n) is 4.12. The molecule has 1 aromatic rings. The summed E-state index contributed by atoms with van der Waals surface area (Å²) in [5.74, 6) is 0.819. The van der Waals surface area contributed by atoms with Crippen LogP contribution in [-0.2, 0) is 0 Å². The Morgan fingerprint density at radius 1 is 1.42 bits per heavy atom. The molecule has 1 N–H and O–H groups in total. The Kier molecular flexibility index (Phi) is 5.03. The van der Waals surface area contributed by atoms with Crippen molar-refractivity contribution in [3.8, 4) is 5.75 Å². The molecule has 0 fully saturated rings. The molecule has 1 aliphatic heterocycles. The fourth-order valence-corrected chi connectivity index (χ4v) is 2.81. The molecule has 0 saturated heterocycles. The first-order chi connectivity index (χ1) is 8.96. The van der Waals surface area contributed by atoms with Gasteiger partial charge in [0.05, 0.1) is 6.61 Å². The van der Waals surface area contributed by atoms with Crippen molar-refractivity contribution in [3.05, 3.63) is 28.2 Å². The third kappa shape index (κ3) is 4.57. The zero-order chi connectivity index (χ0) is 13.9. The number of nitrogens with one attached hydrogen (secondary N) is 1. The van der Waals surface area contributed by atoms with Crippen LogP contribution in [0.25, 0.3) is 0 Å². The molecule has 0 amide bonds. The summed E-state index contributed by atoms with van der Waals surface area (Å²) in [5.41, 5.74) is -3.16. The van der Waals surface area contributed by atoms with Crippen molar-refractivity contribution >= 4 is 27.7 Å². The summed E-state index contributed by atoms with van der Waals surface area (Å²) in [4.78, 5) is 0. The highest BCUT2D eigenvalue weighted by atomic mass is 79.9. The molecule has 0 spiro atoms. The highest BCUT2D eigenvalue weighted by Gasteiger charge is 2.28. The zero-order valence-corrected chi connectivity index (χ0v) is 12.4. The minimum Gasteiger partial charge on any atom is -0.493 e. The molecule has 7 heteroatoms. The molecule has 0 bridgehead atoms. The summed E-state index contributed by atoms with van der Waals surface area (Å²) < 4.78 is 42.5. The van der Waals surface area contributed by atoms with Crippen LogP contribution in [0.1, 0.15) is 18.0 Å². The van der Waals surface area contributed by atoms with Crippen molar-refractivity contribution in [1.29, 1.82) is 0 Å². The number of hydrogen-bond acceptors (Lipinski definition) is 3. The topological polar surface area (TPSA) is 21.3 Å². The Morgan fingerprint density at radius 3 is 2.95 bits per heavy atom. The summed E-state index contributed by atoms with van der Waals surface area (Å²) in [7, 11) is 0. The van der Waals surface area contributed by atoms with Gasteiger partial charge < -0.3 is 10.1 Å². The highest BCUT2D eigenvalue weighted by molar-refractivity contribution is 9.10. The number of fused-ring (bicyclic) bond motifs is 1. The number of benzene rings is 1. The lowest BCUT2D eigenvalue weighted by Crippen LogP contribution is -2.29. The fourth-order valence-electron chi connectivity index (χ4n) is 1.98. The highest BCUT2D eigenvalue weighted by Crippen LogP contribution is 2.34. The van der Waals surface area contributed by atoms with E-state index in [1.807, 2.05) is 18.2 Å². The molecule has 0 aliphatic carbocycles. The smallest absolute Gasteiger partial charge is 0.441 e. The Morgan fingerprint density at radius 2 is 2.21 bits per heavy atom. The van der Waals surface area contributed by atoms with E-state index in [1.54, 1.807) is 0 Å². The van der Waals surface area contributed by atoms with E-state index in [4.69, 9.17) is 4.74 Å². The maximum absolute atomic E-state index is 12.0. The van der Waals surface area contributed by atoms with E-state index in [1.165, 1.54) is 0 Å². The second-order valence-corrected chi connectivity index (χ2v) is 6.20. The molecule has 1 unspecified atom stereocenters. The van der Waals surface area contributed by atoms with Crippen LogP contribution in [0.2, 0.25) is 0 Å². The molecular formula is C12H13BrF3NOS. The predicted molar refractivity (Wildman–Crippen MR) is 73.5 cm³/mol. The van der Waals surface area contributed by atoms with E-state index in [9.17, 15) is 13.2 Å². The van der Waals surface area contributed by atoms with Crippen LogP contribution >= 0.6 is 27.7 Å². The molecule has 0 aromatic heterocycles. The Balaban J connectivity index is 1.91. The zero-order valence-electron chi connectivity index (χ0n) is 9.97. The Labute approximate surface area is 122 Å². The number of hydrogen-bond donors (Lipinski definition) is 1. The van der Waals surface area contributed by atoms with Crippen molar-refractivity contribution in [1.82, 2.24) is 5.32 Å². The van der Waals surface area contributed by atoms with Crippen molar-refractivity contribution in [2.75, 3.05) is 18.9 Å². The van der Waals surface area contributed by atoms with Gasteiger partial charge >= 0.3 is 5.51 Å². The van der Waals surface area contributed by atoms with Gasteiger partial charge in [0, 0.05) is 34.8 Å². The summed E-state index contributed by atoms with van der Waals surface area (Å²) in [6, 6.07) is 5.76. The molecule has 0 saturated carbocycles. The van der Waals surface area contributed by atoms with Gasteiger partial charge in [-0.15, -0.1) is 0 Å². The standard InChI is InChI=1S/C12H13BrF3NOS/c13-8-1-2-11-9(7-8)10(3-5-18-11)17-4-6-19-12(14,15)16/h1-2,7,10,17H,3-6H2. The molecule has 2 rings (SSSR count). The number of thioether (sulfide) groups is 1. The molecule has 1 aliphatic rings. The minimum absolute atomic E-state index is 0.00359. The van der Waals surface area contributed by atoms with Crippen molar-refractivity contribution in [3.63, 3.8) is 0 Å². The first-order valence-corrected chi connectivity index (χ1v) is 7.60. The van der Waals surface area contributed by atoms with Crippen LogP contribution in [0.15, 0.2) is 22.7 Å². The predicted octanol–water partition coefficient (Wildman–Crippen LogP) is 4.12. The normalized spacial score (nSPS) is 18.8. The number of alkyl halides is 3. The van der Waals surface area contributed by atoms with Gasteiger partial charge in [0.15, 0.2) is 0 Å². The lowest BCUT2D eigenvalue weighted by molar-refractivity contribution is -0.0327. The van der Waals surface area contributed by atoms with Crippen LogP contribution in [0.4, 0.5) is 13.2 Å². The quantitative estimate of drug-likeness (QED) is 0.821. The van der Waals surface area contributed by atoms with Crippen LogP contribution < -0.4 is 10.1 Å². The summed E-state index contributed by atoms with van der Waals surface area (Å²) in [6.45, 7) is 0.902. The lowest BCUT2D eigenvalue weighted by atomic mass is 10.0. The first kappa shape index (κ1) is 15.0. The lowest BCUT2D eigenvalue weighted by Gasteiger charge is -2.27. The molecule has 1 heterocycles. The van der Waals surface area contributed by atoms with Crippen LogP contribution in [0.3, 0.4) is 0 Å². The van der Waals surface area contributed by atoms with Crippen molar-refractivity contribution in [2.45, 2.75) is 18.0 Å². The molecule has 2 nitrogen and oxygen atoms in total.